The number of piperazine rings is 1. The van der Waals surface area contributed by atoms with E-state index in [4.69, 9.17) is 51.9 Å². The first-order valence-corrected chi connectivity index (χ1v) is 25.1. The number of morpholine rings is 1. The van der Waals surface area contributed by atoms with E-state index in [1.807, 2.05) is 26.0 Å². The smallest absolute Gasteiger partial charge is 0.345 e. The van der Waals surface area contributed by atoms with E-state index in [1.165, 1.54) is 29.8 Å². The Balaban J connectivity index is 1.04. The first-order chi connectivity index (χ1) is 34.4. The highest BCUT2D eigenvalue weighted by molar-refractivity contribution is 7.22. The van der Waals surface area contributed by atoms with Gasteiger partial charge in [0.2, 0.25) is 12.0 Å². The Morgan fingerprint density at radius 2 is 1.65 bits per heavy atom. The van der Waals surface area contributed by atoms with Gasteiger partial charge in [0.05, 0.1) is 34.3 Å². The Labute approximate surface area is 424 Å². The first kappa shape index (κ1) is 48.6. The molecule has 0 spiro atoms. The van der Waals surface area contributed by atoms with Crippen LogP contribution in [0.3, 0.4) is 0 Å². The number of carboxylic acid groups (broad SMARTS) is 1. The fourth-order valence-corrected chi connectivity index (χ4v) is 11.0. The minimum Gasteiger partial charge on any atom is -0.490 e. The van der Waals surface area contributed by atoms with E-state index in [2.05, 4.69) is 48.8 Å². The summed E-state index contributed by atoms with van der Waals surface area (Å²) in [5.74, 6) is 0.149. The highest BCUT2D eigenvalue weighted by Gasteiger charge is 2.32. The molecule has 4 aliphatic heterocycles. The summed E-state index contributed by atoms with van der Waals surface area (Å²) in [6.45, 7) is 11.9. The molecule has 2 fully saturated rings. The van der Waals surface area contributed by atoms with Crippen molar-refractivity contribution in [2.24, 2.45) is 0 Å². The lowest BCUT2D eigenvalue weighted by molar-refractivity contribution is -0.145. The molecule has 7 heterocycles. The zero-order valence-corrected chi connectivity index (χ0v) is 41.8. The van der Waals surface area contributed by atoms with E-state index < -0.39 is 24.0 Å². The standard InChI is InChI=1S/C53H52Cl2FN7O7S/c1-31-43-32(2)47(55)48(46(31)54)69-40(27-62-17-15-61(3)16-18-62)29-67-39-11-12-41(68-28-38-13-14-57-50(60-38)35-6-4-5-33(23-35)26-63-19-21-66-22-20-63)36(24-39)25-42(53(64)65)70-51-45-44(43)49(71-52(45)59-30-58-51)34-7-9-37(56)10-8-34/h4-14,23-24,30,40,42H,15-22,25-29H2,1-3H3,(H,64,65)/t40-,42-/m1/s1. The van der Waals surface area contributed by atoms with Crippen molar-refractivity contribution in [3.63, 3.8) is 0 Å². The Bertz CT molecular complexity index is 3050. The highest BCUT2D eigenvalue weighted by Crippen LogP contribution is 2.53. The molecule has 368 valence electrons. The normalized spacial score (nSPS) is 18.1. The second kappa shape index (κ2) is 21.4. The van der Waals surface area contributed by atoms with Gasteiger partial charge in [-0.15, -0.1) is 11.3 Å². The summed E-state index contributed by atoms with van der Waals surface area (Å²) in [7, 11) is 2.11. The van der Waals surface area contributed by atoms with Gasteiger partial charge in [0.1, 0.15) is 47.8 Å². The minimum absolute atomic E-state index is 0.0299. The van der Waals surface area contributed by atoms with Crippen molar-refractivity contribution < 1.29 is 38.0 Å². The third-order valence-corrected chi connectivity index (χ3v) is 15.2. The Morgan fingerprint density at radius 3 is 2.41 bits per heavy atom. The van der Waals surface area contributed by atoms with Gasteiger partial charge in [-0.3, -0.25) is 9.80 Å². The van der Waals surface area contributed by atoms with Gasteiger partial charge in [0.25, 0.3) is 0 Å². The maximum absolute atomic E-state index is 14.4. The fraction of sp³-hybridized carbons (Fsp3) is 0.340. The quantitative estimate of drug-likeness (QED) is 0.139. The molecule has 11 rings (SSSR count). The van der Waals surface area contributed by atoms with Gasteiger partial charge >= 0.3 is 5.97 Å². The van der Waals surface area contributed by atoms with Gasteiger partial charge in [0, 0.05) is 86.5 Å². The molecular formula is C53H52Cl2FN7O7S. The van der Waals surface area contributed by atoms with Crippen LogP contribution in [0.5, 0.6) is 23.1 Å². The van der Waals surface area contributed by atoms with Crippen LogP contribution < -0.4 is 18.9 Å². The van der Waals surface area contributed by atoms with E-state index in [9.17, 15) is 14.3 Å². The third kappa shape index (κ3) is 10.8. The average Bonchev–Trinajstić information content (AvgIpc) is 3.76. The monoisotopic (exact) mass is 1020 g/mol. The zero-order valence-electron chi connectivity index (χ0n) is 39.5. The topological polar surface area (TPSA) is 145 Å². The van der Waals surface area contributed by atoms with Crippen molar-refractivity contribution >= 4 is 50.7 Å². The number of carboxylic acids is 1. The number of aromatic nitrogens is 4. The number of likely N-dealkylation sites (N-methyl/N-ethyl adjacent to an activating group) is 1. The summed E-state index contributed by atoms with van der Waals surface area (Å²) in [5, 5.41) is 12.0. The maximum atomic E-state index is 14.4. The number of rotatable bonds is 10. The summed E-state index contributed by atoms with van der Waals surface area (Å²) in [4.78, 5) is 40.3. The predicted octanol–water partition coefficient (Wildman–Crippen LogP) is 9.42. The van der Waals surface area contributed by atoms with Gasteiger partial charge in [-0.25, -0.2) is 29.1 Å². The molecule has 14 nitrogen and oxygen atoms in total. The van der Waals surface area contributed by atoms with Crippen molar-refractivity contribution in [3.8, 4) is 56.1 Å². The van der Waals surface area contributed by atoms with Crippen LogP contribution in [-0.4, -0.2) is 131 Å². The van der Waals surface area contributed by atoms with Crippen LogP contribution in [0.2, 0.25) is 10.0 Å². The number of carbonyl (C=O) groups is 1. The Kier molecular flexibility index (Phi) is 14.7. The molecule has 0 aliphatic carbocycles. The highest BCUT2D eigenvalue weighted by atomic mass is 35.5. The fourth-order valence-electron chi connectivity index (χ4n) is 9.31. The number of aliphatic carboxylic acids is 1. The van der Waals surface area contributed by atoms with Gasteiger partial charge in [0.15, 0.2) is 11.6 Å². The van der Waals surface area contributed by atoms with Crippen LogP contribution in [0.15, 0.2) is 85.3 Å². The van der Waals surface area contributed by atoms with E-state index in [1.54, 1.807) is 42.6 Å². The molecule has 4 aromatic carbocycles. The Hall–Kier alpha value is -5.98. The molecule has 2 saturated heterocycles. The lowest BCUT2D eigenvalue weighted by atomic mass is 9.92. The van der Waals surface area contributed by atoms with Crippen molar-refractivity contribution in [1.29, 1.82) is 0 Å². The largest absolute Gasteiger partial charge is 0.490 e. The molecule has 1 N–H and O–H groups in total. The molecule has 0 radical (unpaired) electrons. The van der Waals surface area contributed by atoms with Gasteiger partial charge in [-0.1, -0.05) is 53.5 Å². The van der Waals surface area contributed by atoms with Gasteiger partial charge < -0.3 is 33.7 Å². The third-order valence-electron chi connectivity index (χ3n) is 13.1. The number of hydrogen-bond acceptors (Lipinski definition) is 14. The molecular weight excluding hydrogens is 969 g/mol. The number of hydrogen-bond donors (Lipinski definition) is 1. The second-order valence-electron chi connectivity index (χ2n) is 18.1. The summed E-state index contributed by atoms with van der Waals surface area (Å²) >= 11 is 16.0. The van der Waals surface area contributed by atoms with Crippen molar-refractivity contribution in [2.75, 3.05) is 72.7 Å². The van der Waals surface area contributed by atoms with E-state index in [0.717, 1.165) is 70.2 Å². The maximum Gasteiger partial charge on any atom is 0.345 e. The SMILES string of the molecule is Cc1c(Cl)c2c(Cl)c(C)c1-c1c(-c3ccc(F)cc3)sc3ncnc(c13)O[C@@H](C(=O)O)Cc1cc(ccc1OCc1ccnc(-c3cccc(CN4CCOCC4)c3)n1)OC[C@@H](CN1CCN(C)CC1)O2. The van der Waals surface area contributed by atoms with E-state index >= 15 is 0 Å². The number of fused-ring (bicyclic) bond motifs is 7. The molecule has 3 aromatic heterocycles. The number of benzene rings is 4. The van der Waals surface area contributed by atoms with Crippen molar-refractivity contribution in [1.82, 2.24) is 34.6 Å². The van der Waals surface area contributed by atoms with Crippen LogP contribution in [0.4, 0.5) is 4.39 Å². The molecule has 0 saturated carbocycles. The number of ether oxygens (including phenoxy) is 5. The lowest BCUT2D eigenvalue weighted by Crippen LogP contribution is -2.49. The zero-order chi connectivity index (χ0) is 49.2. The van der Waals surface area contributed by atoms with E-state index in [-0.39, 0.29) is 25.5 Å². The summed E-state index contributed by atoms with van der Waals surface area (Å²) in [6, 6.07) is 21.5. The second-order valence-corrected chi connectivity index (χ2v) is 19.8. The van der Waals surface area contributed by atoms with Crippen LogP contribution >= 0.6 is 34.5 Å². The Morgan fingerprint density at radius 1 is 0.873 bits per heavy atom. The molecule has 0 unspecified atom stereocenters. The molecule has 71 heavy (non-hydrogen) atoms. The molecule has 2 atom stereocenters. The molecule has 4 bridgehead atoms. The van der Waals surface area contributed by atoms with E-state index in [0.29, 0.717) is 93.8 Å². The average molecular weight is 1020 g/mol. The number of nitrogens with zero attached hydrogens (tertiary/aromatic N) is 7. The van der Waals surface area contributed by atoms with Crippen molar-refractivity contribution in [3.05, 3.63) is 129 Å². The number of thiophene rings is 1. The lowest BCUT2D eigenvalue weighted by Gasteiger charge is -2.35. The molecule has 4 aliphatic rings. The number of halogens is 3. The van der Waals surface area contributed by atoms with Crippen LogP contribution in [0.1, 0.15) is 27.9 Å². The minimum atomic E-state index is -1.47. The summed E-state index contributed by atoms with van der Waals surface area (Å²) in [5.41, 5.74) is 6.45. The molecule has 7 aromatic rings. The summed E-state index contributed by atoms with van der Waals surface area (Å²) < 4.78 is 46.4. The summed E-state index contributed by atoms with van der Waals surface area (Å²) in [6.07, 6.45) is 0.896. The van der Waals surface area contributed by atoms with Crippen LogP contribution in [-0.2, 0) is 29.1 Å². The van der Waals surface area contributed by atoms with Crippen LogP contribution in [0.25, 0.3) is 43.2 Å². The van der Waals surface area contributed by atoms with Crippen LogP contribution in [0, 0.1) is 19.7 Å². The van der Waals surface area contributed by atoms with Gasteiger partial charge in [-0.05, 0) is 91.2 Å². The molecule has 18 heteroatoms. The van der Waals surface area contributed by atoms with Crippen molar-refractivity contribution in [2.45, 2.75) is 45.6 Å². The predicted molar refractivity (Wildman–Crippen MR) is 272 cm³/mol. The first-order valence-electron chi connectivity index (χ1n) is 23.5. The molecule has 0 amide bonds. The van der Waals surface area contributed by atoms with Gasteiger partial charge in [-0.2, -0.15) is 0 Å².